The van der Waals surface area contributed by atoms with Crippen LogP contribution in [0.1, 0.15) is 20.7 Å². The van der Waals surface area contributed by atoms with Crippen molar-refractivity contribution in [2.75, 3.05) is 0 Å². The summed E-state index contributed by atoms with van der Waals surface area (Å²) in [5, 5.41) is -0.241. The number of hydrogen-bond acceptors (Lipinski definition) is 5. The van der Waals surface area contributed by atoms with E-state index in [9.17, 15) is 9.59 Å². The Morgan fingerprint density at radius 3 is 2.00 bits per heavy atom. The number of nitrogens with one attached hydrogen (secondary N) is 1. The van der Waals surface area contributed by atoms with E-state index in [2.05, 4.69) is 5.48 Å². The number of thioether (sulfide) groups is 1. The van der Waals surface area contributed by atoms with E-state index in [-0.39, 0.29) is 9.50 Å². The lowest BCUT2D eigenvalue weighted by molar-refractivity contribution is 0.0752. The lowest BCUT2D eigenvalue weighted by Crippen LogP contribution is -2.25. The van der Waals surface area contributed by atoms with Crippen LogP contribution in [-0.4, -0.2) is 15.4 Å². The minimum absolute atomic E-state index is 0.0619. The Labute approximate surface area is 131 Å². The van der Waals surface area contributed by atoms with Gasteiger partial charge in [-0.25, -0.2) is 0 Å². The van der Waals surface area contributed by atoms with Crippen LogP contribution in [0.5, 0.6) is 0 Å². The van der Waals surface area contributed by atoms with Crippen molar-refractivity contribution in [1.29, 1.82) is 0 Å². The number of amides is 1. The van der Waals surface area contributed by atoms with Crippen molar-refractivity contribution in [2.24, 2.45) is 0 Å². The number of hydroxylamine groups is 1. The molecule has 0 atom stereocenters. The van der Waals surface area contributed by atoms with Gasteiger partial charge in [0.1, 0.15) is 0 Å². The maximum Gasteiger partial charge on any atom is 0.283 e. The third kappa shape index (κ3) is 4.70. The van der Waals surface area contributed by atoms with E-state index in [1.807, 2.05) is 6.07 Å². The predicted octanol–water partition coefficient (Wildman–Crippen LogP) is 3.21. The van der Waals surface area contributed by atoms with Crippen molar-refractivity contribution in [3.05, 3.63) is 71.8 Å². The van der Waals surface area contributed by atoms with Gasteiger partial charge in [0.15, 0.2) is 0 Å². The molecule has 0 aromatic heterocycles. The number of rotatable bonds is 2. The van der Waals surface area contributed by atoms with E-state index in [1.54, 1.807) is 54.6 Å². The topological polar surface area (TPSA) is 55.4 Å². The third-order valence-electron chi connectivity index (χ3n) is 2.45. The predicted molar refractivity (Wildman–Crippen MR) is 86.0 cm³/mol. The van der Waals surface area contributed by atoms with Gasteiger partial charge < -0.3 is 4.84 Å². The molecule has 106 valence electrons. The minimum atomic E-state index is -0.425. The molecule has 6 heteroatoms. The molecule has 0 saturated carbocycles. The van der Waals surface area contributed by atoms with Gasteiger partial charge in [0.2, 0.25) is 5.12 Å². The average molecular weight is 317 g/mol. The van der Waals surface area contributed by atoms with Crippen LogP contribution in [0.4, 0.5) is 0 Å². The molecule has 0 aliphatic heterocycles. The van der Waals surface area contributed by atoms with E-state index in [4.69, 9.17) is 17.1 Å². The number of benzene rings is 2. The maximum atomic E-state index is 11.9. The molecule has 0 saturated heterocycles. The van der Waals surface area contributed by atoms with E-state index < -0.39 is 5.91 Å². The quantitative estimate of drug-likeness (QED) is 0.681. The third-order valence-corrected chi connectivity index (χ3v) is 3.45. The number of hydrogen-bond donors (Lipinski definition) is 1. The minimum Gasteiger partial charge on any atom is -0.360 e. The molecule has 2 rings (SSSR count). The number of thiocarbonyl (C=S) groups is 1. The summed E-state index contributed by atoms with van der Waals surface area (Å²) in [5.74, 6) is -0.425. The lowest BCUT2D eigenvalue weighted by Gasteiger charge is -2.06. The molecule has 0 spiro atoms. The summed E-state index contributed by atoms with van der Waals surface area (Å²) in [6.07, 6.45) is 0. The van der Waals surface area contributed by atoms with Crippen LogP contribution in [0.3, 0.4) is 0 Å². The molecule has 0 heterocycles. The normalized spacial score (nSPS) is 9.71. The molecule has 0 bridgehead atoms. The van der Waals surface area contributed by atoms with Gasteiger partial charge in [0.25, 0.3) is 10.3 Å². The highest BCUT2D eigenvalue weighted by Gasteiger charge is 2.12. The molecule has 2 aromatic carbocycles. The summed E-state index contributed by atoms with van der Waals surface area (Å²) in [5.41, 5.74) is 3.16. The Morgan fingerprint density at radius 2 is 1.43 bits per heavy atom. The van der Waals surface area contributed by atoms with Crippen LogP contribution in [0.25, 0.3) is 0 Å². The van der Waals surface area contributed by atoms with Gasteiger partial charge in [-0.05, 0) is 24.4 Å². The van der Waals surface area contributed by atoms with Crippen molar-refractivity contribution in [3.63, 3.8) is 0 Å². The molecule has 0 aliphatic carbocycles. The first kappa shape index (κ1) is 15.2. The smallest absolute Gasteiger partial charge is 0.283 e. The van der Waals surface area contributed by atoms with Crippen LogP contribution < -0.4 is 5.48 Å². The Kier molecular flexibility index (Phi) is 5.48. The molecule has 0 unspecified atom stereocenters. The second-order valence-corrected chi connectivity index (χ2v) is 5.48. The second-order valence-electron chi connectivity index (χ2n) is 3.90. The Bertz CT molecular complexity index is 644. The fourth-order valence-corrected chi connectivity index (χ4v) is 2.22. The fourth-order valence-electron chi connectivity index (χ4n) is 1.47. The molecule has 0 aliphatic rings. The summed E-state index contributed by atoms with van der Waals surface area (Å²) < 4.78 is -0.0619. The summed E-state index contributed by atoms with van der Waals surface area (Å²) >= 11 is 5.65. The molecule has 21 heavy (non-hydrogen) atoms. The Balaban J connectivity index is 1.83. The highest BCUT2D eigenvalue weighted by molar-refractivity contribution is 8.32. The van der Waals surface area contributed by atoms with Crippen LogP contribution in [0.2, 0.25) is 0 Å². The molecule has 4 nitrogen and oxygen atoms in total. The van der Waals surface area contributed by atoms with E-state index in [0.29, 0.717) is 11.1 Å². The van der Waals surface area contributed by atoms with Gasteiger partial charge in [-0.3, -0.25) is 9.59 Å². The molecule has 2 aromatic rings. The zero-order chi connectivity index (χ0) is 15.1. The van der Waals surface area contributed by atoms with Gasteiger partial charge in [0, 0.05) is 22.9 Å². The molecule has 0 radical (unpaired) electrons. The molecular weight excluding hydrogens is 306 g/mol. The van der Waals surface area contributed by atoms with Crippen molar-refractivity contribution in [2.45, 2.75) is 0 Å². The molecule has 0 fully saturated rings. The molecule has 1 amide bonds. The van der Waals surface area contributed by atoms with Crippen molar-refractivity contribution < 1.29 is 14.4 Å². The number of carbonyl (C=O) groups is 2. The summed E-state index contributed by atoms with van der Waals surface area (Å²) in [6.45, 7) is 0. The zero-order valence-electron chi connectivity index (χ0n) is 10.8. The first-order valence-electron chi connectivity index (χ1n) is 6.00. The van der Waals surface area contributed by atoms with Crippen molar-refractivity contribution in [1.82, 2.24) is 5.48 Å². The van der Waals surface area contributed by atoms with Crippen LogP contribution in [-0.2, 0) is 4.84 Å². The largest absolute Gasteiger partial charge is 0.360 e. The van der Waals surface area contributed by atoms with Gasteiger partial charge >= 0.3 is 0 Å². The molecule has 1 N–H and O–H groups in total. The first-order chi connectivity index (χ1) is 10.2. The standard InChI is InChI=1S/C15H11NO3S2/c17-13(11-7-3-1-4-8-11)16-19-15(20)21-14(18)12-9-5-2-6-10-12/h1-10H,(H,16,17). The Morgan fingerprint density at radius 1 is 0.905 bits per heavy atom. The van der Waals surface area contributed by atoms with Crippen molar-refractivity contribution in [3.8, 4) is 0 Å². The lowest BCUT2D eigenvalue weighted by atomic mass is 10.2. The van der Waals surface area contributed by atoms with E-state index in [1.165, 1.54) is 0 Å². The zero-order valence-corrected chi connectivity index (χ0v) is 12.4. The summed E-state index contributed by atoms with van der Waals surface area (Å²) in [7, 11) is 0. The van der Waals surface area contributed by atoms with E-state index in [0.717, 1.165) is 11.8 Å². The summed E-state index contributed by atoms with van der Waals surface area (Å²) in [6, 6.07) is 17.3. The highest BCUT2D eigenvalue weighted by Crippen LogP contribution is 2.14. The first-order valence-corrected chi connectivity index (χ1v) is 7.22. The average Bonchev–Trinajstić information content (AvgIpc) is 2.54. The Hall–Kier alpha value is -2.18. The van der Waals surface area contributed by atoms with Gasteiger partial charge in [-0.15, -0.1) is 0 Å². The van der Waals surface area contributed by atoms with E-state index >= 15 is 0 Å². The summed E-state index contributed by atoms with van der Waals surface area (Å²) in [4.78, 5) is 28.5. The SMILES string of the molecule is O=C(NOC(=S)SC(=O)c1ccccc1)c1ccccc1. The molecular formula is C15H11NO3S2. The van der Waals surface area contributed by atoms with Gasteiger partial charge in [0.05, 0.1) is 0 Å². The van der Waals surface area contributed by atoms with Crippen LogP contribution in [0, 0.1) is 0 Å². The van der Waals surface area contributed by atoms with Gasteiger partial charge in [-0.1, -0.05) is 48.5 Å². The maximum absolute atomic E-state index is 11.9. The monoisotopic (exact) mass is 317 g/mol. The van der Waals surface area contributed by atoms with Gasteiger partial charge in [-0.2, -0.15) is 5.48 Å². The van der Waals surface area contributed by atoms with Crippen molar-refractivity contribution >= 4 is 39.4 Å². The number of carbonyl (C=O) groups excluding carboxylic acids is 2. The van der Waals surface area contributed by atoms with Crippen LogP contribution >= 0.6 is 24.0 Å². The van der Waals surface area contributed by atoms with Crippen LogP contribution in [0.15, 0.2) is 60.7 Å². The fraction of sp³-hybridized carbons (Fsp3) is 0. The highest BCUT2D eigenvalue weighted by atomic mass is 32.2. The second kappa shape index (κ2) is 7.56.